The number of aromatic nitrogens is 2. The van der Waals surface area contributed by atoms with Crippen LogP contribution in [-0.2, 0) is 13.6 Å². The summed E-state index contributed by atoms with van der Waals surface area (Å²) in [6, 6.07) is 21.2. The van der Waals surface area contributed by atoms with Crippen molar-refractivity contribution in [1.29, 1.82) is 0 Å². The first-order chi connectivity index (χ1) is 16.1. The Morgan fingerprint density at radius 3 is 2.55 bits per heavy atom. The number of carbonyl (C=O) groups excluding carboxylic acids is 1. The fraction of sp³-hybridized carbons (Fsp3) is 0.231. The van der Waals surface area contributed by atoms with Gasteiger partial charge in [-0.2, -0.15) is 5.10 Å². The van der Waals surface area contributed by atoms with E-state index >= 15 is 0 Å². The highest BCUT2D eigenvalue weighted by atomic mass is 32.1. The molecule has 170 valence electrons. The van der Waals surface area contributed by atoms with Crippen LogP contribution in [0.4, 0.5) is 0 Å². The van der Waals surface area contributed by atoms with E-state index in [1.165, 1.54) is 11.3 Å². The van der Waals surface area contributed by atoms with Crippen LogP contribution in [0.1, 0.15) is 28.6 Å². The van der Waals surface area contributed by atoms with E-state index in [0.29, 0.717) is 30.5 Å². The van der Waals surface area contributed by atoms with E-state index in [9.17, 15) is 4.79 Å². The number of amides is 1. The maximum absolute atomic E-state index is 13.3. The number of hydrogen-bond acceptors (Lipinski definition) is 5. The van der Waals surface area contributed by atoms with Crippen molar-refractivity contribution in [2.45, 2.75) is 19.9 Å². The SMILES string of the molecule is CCCN(Cc1c(-c2ccccc2)nn(C)c1Oc1cccc(OC)c1)C(=O)c1cccs1. The zero-order valence-corrected chi connectivity index (χ0v) is 19.8. The van der Waals surface area contributed by atoms with Crippen LogP contribution in [0.15, 0.2) is 72.1 Å². The lowest BCUT2D eigenvalue weighted by Gasteiger charge is -2.22. The quantitative estimate of drug-likeness (QED) is 0.307. The smallest absolute Gasteiger partial charge is 0.264 e. The Balaban J connectivity index is 1.76. The lowest BCUT2D eigenvalue weighted by Crippen LogP contribution is -2.31. The molecule has 0 unspecified atom stereocenters. The second-order valence-electron chi connectivity index (χ2n) is 7.61. The summed E-state index contributed by atoms with van der Waals surface area (Å²) >= 11 is 1.46. The summed E-state index contributed by atoms with van der Waals surface area (Å²) in [5.41, 5.74) is 2.64. The van der Waals surface area contributed by atoms with Crippen molar-refractivity contribution >= 4 is 17.2 Å². The van der Waals surface area contributed by atoms with Crippen molar-refractivity contribution < 1.29 is 14.3 Å². The molecule has 1 amide bonds. The molecular weight excluding hydrogens is 434 g/mol. The molecule has 0 N–H and O–H groups in total. The Bertz CT molecular complexity index is 1200. The number of ether oxygens (including phenoxy) is 2. The third kappa shape index (κ3) is 5.09. The molecule has 0 bridgehead atoms. The van der Waals surface area contributed by atoms with Gasteiger partial charge in [0.05, 0.1) is 24.1 Å². The van der Waals surface area contributed by atoms with Crippen LogP contribution in [0.2, 0.25) is 0 Å². The maximum atomic E-state index is 13.3. The summed E-state index contributed by atoms with van der Waals surface area (Å²) in [5, 5.41) is 6.70. The summed E-state index contributed by atoms with van der Waals surface area (Å²) in [6.07, 6.45) is 0.851. The Hall–Kier alpha value is -3.58. The number of thiophene rings is 1. The van der Waals surface area contributed by atoms with Gasteiger partial charge in [-0.25, -0.2) is 4.68 Å². The predicted octanol–water partition coefficient (Wildman–Crippen LogP) is 6.00. The molecule has 0 atom stereocenters. The van der Waals surface area contributed by atoms with E-state index in [0.717, 1.165) is 28.1 Å². The largest absolute Gasteiger partial charge is 0.497 e. The number of carbonyl (C=O) groups is 1. The normalized spacial score (nSPS) is 10.8. The molecule has 0 aliphatic rings. The van der Waals surface area contributed by atoms with Crippen molar-refractivity contribution in [2.75, 3.05) is 13.7 Å². The molecule has 0 fully saturated rings. The van der Waals surface area contributed by atoms with Crippen LogP contribution >= 0.6 is 11.3 Å². The second-order valence-corrected chi connectivity index (χ2v) is 8.55. The molecule has 0 aliphatic heterocycles. The van der Waals surface area contributed by atoms with E-state index in [-0.39, 0.29) is 5.91 Å². The molecule has 4 rings (SSSR count). The van der Waals surface area contributed by atoms with Gasteiger partial charge in [-0.15, -0.1) is 11.3 Å². The van der Waals surface area contributed by atoms with Gasteiger partial charge in [0.25, 0.3) is 5.91 Å². The number of benzene rings is 2. The van der Waals surface area contributed by atoms with E-state index in [4.69, 9.17) is 14.6 Å². The predicted molar refractivity (Wildman–Crippen MR) is 131 cm³/mol. The molecule has 33 heavy (non-hydrogen) atoms. The molecule has 2 aromatic heterocycles. The molecular formula is C26H27N3O3S. The first-order valence-electron chi connectivity index (χ1n) is 10.9. The highest BCUT2D eigenvalue weighted by Gasteiger charge is 2.25. The number of nitrogens with zero attached hydrogens (tertiary/aromatic N) is 3. The van der Waals surface area contributed by atoms with Crippen LogP contribution in [0.3, 0.4) is 0 Å². The van der Waals surface area contributed by atoms with Crippen LogP contribution < -0.4 is 9.47 Å². The van der Waals surface area contributed by atoms with Crippen molar-refractivity contribution in [3.05, 3.63) is 82.6 Å². The van der Waals surface area contributed by atoms with E-state index in [1.807, 2.05) is 84.1 Å². The molecule has 0 aliphatic carbocycles. The zero-order valence-electron chi connectivity index (χ0n) is 19.0. The molecule has 7 heteroatoms. The first-order valence-corrected chi connectivity index (χ1v) is 11.7. The Labute approximate surface area is 198 Å². The van der Waals surface area contributed by atoms with Crippen LogP contribution in [0.25, 0.3) is 11.3 Å². The highest BCUT2D eigenvalue weighted by Crippen LogP contribution is 2.35. The average molecular weight is 462 g/mol. The van der Waals surface area contributed by atoms with Gasteiger partial charge < -0.3 is 14.4 Å². The summed E-state index contributed by atoms with van der Waals surface area (Å²) in [5.74, 6) is 1.97. The molecule has 0 saturated heterocycles. The van der Waals surface area contributed by atoms with Crippen molar-refractivity contribution in [3.63, 3.8) is 0 Å². The minimum Gasteiger partial charge on any atom is -0.497 e. The summed E-state index contributed by atoms with van der Waals surface area (Å²) in [7, 11) is 3.48. The van der Waals surface area contributed by atoms with Gasteiger partial charge in [-0.3, -0.25) is 4.79 Å². The number of aryl methyl sites for hydroxylation is 1. The Kier molecular flexibility index (Phi) is 7.10. The fourth-order valence-corrected chi connectivity index (χ4v) is 4.39. The summed E-state index contributed by atoms with van der Waals surface area (Å²) < 4.78 is 13.4. The molecule has 0 saturated carbocycles. The Morgan fingerprint density at radius 2 is 1.85 bits per heavy atom. The van der Waals surface area contributed by atoms with Gasteiger partial charge in [-0.1, -0.05) is 49.4 Å². The van der Waals surface area contributed by atoms with E-state index in [2.05, 4.69) is 6.92 Å². The van der Waals surface area contributed by atoms with Crippen LogP contribution in [0, 0.1) is 0 Å². The van der Waals surface area contributed by atoms with E-state index in [1.54, 1.807) is 11.8 Å². The highest BCUT2D eigenvalue weighted by molar-refractivity contribution is 7.12. The first kappa shape index (κ1) is 22.6. The average Bonchev–Trinajstić information content (AvgIpc) is 3.48. The number of hydrogen-bond donors (Lipinski definition) is 0. The second kappa shape index (κ2) is 10.4. The Morgan fingerprint density at radius 1 is 1.06 bits per heavy atom. The van der Waals surface area contributed by atoms with Gasteiger partial charge in [0.15, 0.2) is 0 Å². The van der Waals surface area contributed by atoms with Gasteiger partial charge >= 0.3 is 0 Å². The molecule has 2 heterocycles. The lowest BCUT2D eigenvalue weighted by molar-refractivity contribution is 0.0747. The van der Waals surface area contributed by atoms with Gasteiger partial charge in [-0.05, 0) is 30.0 Å². The standard InChI is InChI=1S/C26H27N3O3S/c1-4-15-29(25(30)23-14-9-16-33-23)18-22-24(19-10-6-5-7-11-19)27-28(2)26(22)32-21-13-8-12-20(17-21)31-3/h5-14,16-17H,4,15,18H2,1-3H3. The maximum Gasteiger partial charge on any atom is 0.264 e. The molecule has 2 aromatic carbocycles. The van der Waals surface area contributed by atoms with Gasteiger partial charge in [0.2, 0.25) is 5.88 Å². The van der Waals surface area contributed by atoms with Gasteiger partial charge in [0.1, 0.15) is 17.2 Å². The summed E-state index contributed by atoms with van der Waals surface area (Å²) in [6.45, 7) is 3.10. The summed E-state index contributed by atoms with van der Waals surface area (Å²) in [4.78, 5) is 15.9. The minimum atomic E-state index is 0.0158. The molecule has 0 radical (unpaired) electrons. The molecule has 0 spiro atoms. The monoisotopic (exact) mass is 461 g/mol. The van der Waals surface area contributed by atoms with Gasteiger partial charge in [0, 0.05) is 25.2 Å². The molecule has 4 aromatic rings. The van der Waals surface area contributed by atoms with Crippen molar-refractivity contribution in [1.82, 2.24) is 14.7 Å². The topological polar surface area (TPSA) is 56.6 Å². The third-order valence-electron chi connectivity index (χ3n) is 5.25. The van der Waals surface area contributed by atoms with E-state index < -0.39 is 0 Å². The lowest BCUT2D eigenvalue weighted by atomic mass is 10.1. The van der Waals surface area contributed by atoms with Crippen molar-refractivity contribution in [2.24, 2.45) is 7.05 Å². The molecule has 6 nitrogen and oxygen atoms in total. The fourth-order valence-electron chi connectivity index (χ4n) is 3.70. The van der Waals surface area contributed by atoms with Crippen molar-refractivity contribution in [3.8, 4) is 28.6 Å². The number of rotatable bonds is 9. The minimum absolute atomic E-state index is 0.0158. The number of methoxy groups -OCH3 is 1. The van der Waals surface area contributed by atoms with Crippen LogP contribution in [-0.4, -0.2) is 34.2 Å². The third-order valence-corrected chi connectivity index (χ3v) is 6.11. The zero-order chi connectivity index (χ0) is 23.2. The van der Waals surface area contributed by atoms with Crippen LogP contribution in [0.5, 0.6) is 17.4 Å².